The van der Waals surface area contributed by atoms with Crippen LogP contribution in [0.2, 0.25) is 0 Å². The summed E-state index contributed by atoms with van der Waals surface area (Å²) in [6.07, 6.45) is -0.297. The molecule has 0 aliphatic heterocycles. The van der Waals surface area contributed by atoms with E-state index in [0.29, 0.717) is 11.3 Å². The quantitative estimate of drug-likeness (QED) is 0.585. The molecule has 0 bridgehead atoms. The lowest BCUT2D eigenvalue weighted by Gasteiger charge is -2.13. The van der Waals surface area contributed by atoms with Gasteiger partial charge in [0, 0.05) is 18.4 Å². The second kappa shape index (κ2) is 6.92. The Morgan fingerprint density at radius 1 is 1.11 bits per heavy atom. The van der Waals surface area contributed by atoms with Gasteiger partial charge in [0.1, 0.15) is 18.5 Å². The third-order valence-corrected chi connectivity index (χ3v) is 2.52. The SMILES string of the molecule is CC(=O)OC(C)COc1ccc(C(=O)C(C)C)cc1. The van der Waals surface area contributed by atoms with Crippen molar-refractivity contribution >= 4 is 11.8 Å². The number of ketones is 1. The third-order valence-electron chi connectivity index (χ3n) is 2.52. The minimum absolute atomic E-state index is 0.0178. The summed E-state index contributed by atoms with van der Waals surface area (Å²) in [5.41, 5.74) is 0.676. The first-order valence-corrected chi connectivity index (χ1v) is 6.34. The Hall–Kier alpha value is -1.84. The molecule has 0 amide bonds. The average molecular weight is 264 g/mol. The number of carbonyl (C=O) groups excluding carboxylic acids is 2. The molecule has 0 aromatic heterocycles. The summed E-state index contributed by atoms with van der Waals surface area (Å²) in [7, 11) is 0. The second-order valence-electron chi connectivity index (χ2n) is 4.77. The Kier molecular flexibility index (Phi) is 5.55. The van der Waals surface area contributed by atoms with Crippen molar-refractivity contribution in [1.82, 2.24) is 0 Å². The maximum Gasteiger partial charge on any atom is 0.303 e. The molecule has 104 valence electrons. The lowest BCUT2D eigenvalue weighted by atomic mass is 10.0. The molecule has 0 N–H and O–H groups in total. The van der Waals surface area contributed by atoms with Crippen LogP contribution >= 0.6 is 0 Å². The predicted octanol–water partition coefficient (Wildman–Crippen LogP) is 2.86. The van der Waals surface area contributed by atoms with Gasteiger partial charge in [-0.2, -0.15) is 0 Å². The first kappa shape index (κ1) is 15.2. The van der Waals surface area contributed by atoms with Gasteiger partial charge in [0.25, 0.3) is 0 Å². The van der Waals surface area contributed by atoms with E-state index in [-0.39, 0.29) is 30.4 Å². The fraction of sp³-hybridized carbons (Fsp3) is 0.467. The Labute approximate surface area is 113 Å². The van der Waals surface area contributed by atoms with Gasteiger partial charge >= 0.3 is 5.97 Å². The number of benzene rings is 1. The van der Waals surface area contributed by atoms with Crippen molar-refractivity contribution in [3.8, 4) is 5.75 Å². The van der Waals surface area contributed by atoms with E-state index in [1.54, 1.807) is 31.2 Å². The zero-order valence-electron chi connectivity index (χ0n) is 11.8. The van der Waals surface area contributed by atoms with Gasteiger partial charge in [-0.3, -0.25) is 9.59 Å². The summed E-state index contributed by atoms with van der Waals surface area (Å²) in [5, 5.41) is 0. The summed E-state index contributed by atoms with van der Waals surface area (Å²) in [4.78, 5) is 22.5. The minimum Gasteiger partial charge on any atom is -0.490 e. The molecule has 4 nitrogen and oxygen atoms in total. The average Bonchev–Trinajstić information content (AvgIpc) is 2.35. The Bertz CT molecular complexity index is 434. The number of hydrogen-bond donors (Lipinski definition) is 0. The molecule has 0 saturated carbocycles. The summed E-state index contributed by atoms with van der Waals surface area (Å²) in [5.74, 6) is 0.420. The number of hydrogen-bond acceptors (Lipinski definition) is 4. The van der Waals surface area contributed by atoms with E-state index < -0.39 is 0 Å². The topological polar surface area (TPSA) is 52.6 Å². The van der Waals surface area contributed by atoms with Gasteiger partial charge in [0.05, 0.1) is 0 Å². The fourth-order valence-corrected chi connectivity index (χ4v) is 1.58. The van der Waals surface area contributed by atoms with Crippen molar-refractivity contribution in [3.05, 3.63) is 29.8 Å². The lowest BCUT2D eigenvalue weighted by Crippen LogP contribution is -2.20. The van der Waals surface area contributed by atoms with Gasteiger partial charge in [0.15, 0.2) is 5.78 Å². The van der Waals surface area contributed by atoms with Gasteiger partial charge in [-0.1, -0.05) is 13.8 Å². The molecule has 1 unspecified atom stereocenters. The Morgan fingerprint density at radius 3 is 2.16 bits per heavy atom. The van der Waals surface area contributed by atoms with Crippen molar-refractivity contribution in [2.45, 2.75) is 33.8 Å². The largest absolute Gasteiger partial charge is 0.490 e. The van der Waals surface area contributed by atoms with Gasteiger partial charge < -0.3 is 9.47 Å². The highest BCUT2D eigenvalue weighted by Crippen LogP contribution is 2.15. The number of carbonyl (C=O) groups is 2. The van der Waals surface area contributed by atoms with E-state index in [0.717, 1.165) is 0 Å². The van der Waals surface area contributed by atoms with Crippen LogP contribution in [0.25, 0.3) is 0 Å². The van der Waals surface area contributed by atoms with Crippen LogP contribution in [0.4, 0.5) is 0 Å². The Balaban J connectivity index is 2.53. The van der Waals surface area contributed by atoms with E-state index >= 15 is 0 Å². The zero-order chi connectivity index (χ0) is 14.4. The van der Waals surface area contributed by atoms with Gasteiger partial charge in [-0.05, 0) is 31.2 Å². The smallest absolute Gasteiger partial charge is 0.303 e. The standard InChI is InChI=1S/C15H20O4/c1-10(2)15(17)13-5-7-14(8-6-13)18-9-11(3)19-12(4)16/h5-8,10-11H,9H2,1-4H3. The van der Waals surface area contributed by atoms with E-state index in [1.165, 1.54) is 6.92 Å². The molecule has 4 heteroatoms. The van der Waals surface area contributed by atoms with Crippen molar-refractivity contribution in [2.24, 2.45) is 5.92 Å². The molecule has 0 heterocycles. The normalized spacial score (nSPS) is 12.1. The van der Waals surface area contributed by atoms with Crippen molar-refractivity contribution in [3.63, 3.8) is 0 Å². The summed E-state index contributed by atoms with van der Waals surface area (Å²) in [6.45, 7) is 7.15. The second-order valence-corrected chi connectivity index (χ2v) is 4.77. The highest BCUT2D eigenvalue weighted by atomic mass is 16.6. The molecular weight excluding hydrogens is 244 g/mol. The molecule has 1 aromatic carbocycles. The molecule has 0 aliphatic carbocycles. The molecule has 1 atom stereocenters. The van der Waals surface area contributed by atoms with Crippen LogP contribution in [0, 0.1) is 5.92 Å². The van der Waals surface area contributed by atoms with Crippen LogP contribution < -0.4 is 4.74 Å². The molecule has 19 heavy (non-hydrogen) atoms. The Morgan fingerprint density at radius 2 is 1.68 bits per heavy atom. The third kappa shape index (κ3) is 5.12. The van der Waals surface area contributed by atoms with Crippen molar-refractivity contribution in [2.75, 3.05) is 6.61 Å². The number of ether oxygens (including phenoxy) is 2. The number of esters is 1. The van der Waals surface area contributed by atoms with Crippen LogP contribution in [-0.4, -0.2) is 24.5 Å². The van der Waals surface area contributed by atoms with Crippen LogP contribution in [0.15, 0.2) is 24.3 Å². The van der Waals surface area contributed by atoms with Gasteiger partial charge in [0.2, 0.25) is 0 Å². The van der Waals surface area contributed by atoms with Crippen molar-refractivity contribution < 1.29 is 19.1 Å². The maximum atomic E-state index is 11.7. The number of rotatable bonds is 6. The highest BCUT2D eigenvalue weighted by Gasteiger charge is 2.10. The lowest BCUT2D eigenvalue weighted by molar-refractivity contribution is -0.146. The fourth-order valence-electron chi connectivity index (χ4n) is 1.58. The van der Waals surface area contributed by atoms with Crippen molar-refractivity contribution in [1.29, 1.82) is 0 Å². The van der Waals surface area contributed by atoms with Gasteiger partial charge in [-0.25, -0.2) is 0 Å². The maximum absolute atomic E-state index is 11.7. The van der Waals surface area contributed by atoms with Crippen LogP contribution in [-0.2, 0) is 9.53 Å². The highest BCUT2D eigenvalue weighted by molar-refractivity contribution is 5.97. The van der Waals surface area contributed by atoms with Crippen LogP contribution in [0.1, 0.15) is 38.1 Å². The summed E-state index contributed by atoms with van der Waals surface area (Å²) < 4.78 is 10.4. The summed E-state index contributed by atoms with van der Waals surface area (Å²) in [6, 6.07) is 6.98. The zero-order valence-corrected chi connectivity index (χ0v) is 11.8. The van der Waals surface area contributed by atoms with E-state index in [4.69, 9.17) is 9.47 Å². The summed E-state index contributed by atoms with van der Waals surface area (Å²) >= 11 is 0. The molecule has 0 radical (unpaired) electrons. The predicted molar refractivity (Wildman–Crippen MR) is 72.3 cm³/mol. The van der Waals surface area contributed by atoms with E-state index in [9.17, 15) is 9.59 Å². The first-order valence-electron chi connectivity index (χ1n) is 6.34. The molecule has 0 saturated heterocycles. The molecule has 0 fully saturated rings. The van der Waals surface area contributed by atoms with Crippen LogP contribution in [0.5, 0.6) is 5.75 Å². The van der Waals surface area contributed by atoms with Gasteiger partial charge in [-0.15, -0.1) is 0 Å². The molecule has 1 rings (SSSR count). The van der Waals surface area contributed by atoms with E-state index in [1.807, 2.05) is 13.8 Å². The molecule has 0 aliphatic rings. The first-order chi connectivity index (χ1) is 8.90. The molecular formula is C15H20O4. The monoisotopic (exact) mass is 264 g/mol. The minimum atomic E-state index is -0.325. The molecule has 0 spiro atoms. The molecule has 1 aromatic rings. The van der Waals surface area contributed by atoms with E-state index in [2.05, 4.69) is 0 Å². The van der Waals surface area contributed by atoms with Crippen LogP contribution in [0.3, 0.4) is 0 Å². The number of Topliss-reactive ketones (excluding diaryl/α,β-unsaturated/α-hetero) is 1.